The van der Waals surface area contributed by atoms with Crippen LogP contribution in [0.2, 0.25) is 0 Å². The van der Waals surface area contributed by atoms with E-state index in [2.05, 4.69) is 9.97 Å². The van der Waals surface area contributed by atoms with Crippen LogP contribution in [0.15, 0.2) is 48.5 Å². The van der Waals surface area contributed by atoms with Gasteiger partial charge in [-0.3, -0.25) is 4.79 Å². The maximum absolute atomic E-state index is 11.1. The summed E-state index contributed by atoms with van der Waals surface area (Å²) < 4.78 is 5.90. The summed E-state index contributed by atoms with van der Waals surface area (Å²) in [6.07, 6.45) is 0.777. The molecular weight excluding hydrogens is 276 g/mol. The van der Waals surface area contributed by atoms with E-state index in [0.717, 1.165) is 23.0 Å². The van der Waals surface area contributed by atoms with Crippen LogP contribution < -0.4 is 4.74 Å². The van der Waals surface area contributed by atoms with Crippen molar-refractivity contribution < 1.29 is 9.53 Å². The third-order valence-corrected chi connectivity index (χ3v) is 3.36. The molecule has 0 radical (unpaired) electrons. The third-order valence-electron chi connectivity index (χ3n) is 3.36. The highest BCUT2D eigenvalue weighted by molar-refractivity contribution is 5.79. The van der Waals surface area contributed by atoms with Crippen molar-refractivity contribution in [1.29, 1.82) is 0 Å². The molecule has 0 aliphatic carbocycles. The van der Waals surface area contributed by atoms with Crippen LogP contribution >= 0.6 is 0 Å². The van der Waals surface area contributed by atoms with E-state index in [-0.39, 0.29) is 5.92 Å². The zero-order valence-electron chi connectivity index (χ0n) is 12.5. The maximum Gasteiger partial charge on any atom is 0.242 e. The van der Waals surface area contributed by atoms with Crippen molar-refractivity contribution >= 4 is 17.3 Å². The molecule has 0 saturated heterocycles. The van der Waals surface area contributed by atoms with Gasteiger partial charge in [-0.15, -0.1) is 0 Å². The average Bonchev–Trinajstić information content (AvgIpc) is 2.54. The first kappa shape index (κ1) is 14.2. The van der Waals surface area contributed by atoms with Gasteiger partial charge in [-0.25, -0.2) is 9.97 Å². The molecule has 3 rings (SSSR count). The summed E-state index contributed by atoms with van der Waals surface area (Å²) in [4.78, 5) is 20.3. The number of para-hydroxylation sites is 3. The zero-order chi connectivity index (χ0) is 15.5. The Morgan fingerprint density at radius 3 is 2.27 bits per heavy atom. The zero-order valence-corrected chi connectivity index (χ0v) is 12.5. The fourth-order valence-electron chi connectivity index (χ4n) is 2.22. The molecule has 0 fully saturated rings. The molecule has 0 spiro atoms. The van der Waals surface area contributed by atoms with Crippen molar-refractivity contribution in [2.75, 3.05) is 0 Å². The molecule has 0 unspecified atom stereocenters. The lowest BCUT2D eigenvalue weighted by Crippen LogP contribution is -2.02. The Balaban J connectivity index is 2.12. The van der Waals surface area contributed by atoms with Crippen molar-refractivity contribution in [1.82, 2.24) is 9.97 Å². The number of aldehydes is 1. The van der Waals surface area contributed by atoms with Crippen molar-refractivity contribution in [2.45, 2.75) is 19.8 Å². The summed E-state index contributed by atoms with van der Waals surface area (Å²) in [5, 5.41) is 0. The Morgan fingerprint density at radius 2 is 1.59 bits per heavy atom. The highest BCUT2D eigenvalue weighted by Gasteiger charge is 2.15. The fourth-order valence-corrected chi connectivity index (χ4v) is 2.22. The fraction of sp³-hybridized carbons (Fsp3) is 0.167. The standard InChI is InChI=1S/C18H16N2O2/c1-12(2)17-18(20-15-9-5-4-8-14(15)19-17)22-16-10-6-3-7-13(16)11-21/h3-12H,1-2H3. The molecule has 22 heavy (non-hydrogen) atoms. The first-order valence-electron chi connectivity index (χ1n) is 7.18. The lowest BCUT2D eigenvalue weighted by atomic mass is 10.1. The van der Waals surface area contributed by atoms with Crippen molar-refractivity contribution in [3.05, 3.63) is 59.8 Å². The van der Waals surface area contributed by atoms with Gasteiger partial charge in [-0.1, -0.05) is 38.1 Å². The molecule has 0 aliphatic rings. The minimum absolute atomic E-state index is 0.162. The molecule has 4 heteroatoms. The topological polar surface area (TPSA) is 52.1 Å². The lowest BCUT2D eigenvalue weighted by molar-refractivity contribution is 0.112. The second-order valence-electron chi connectivity index (χ2n) is 5.32. The first-order valence-corrected chi connectivity index (χ1v) is 7.18. The normalized spacial score (nSPS) is 10.9. The van der Waals surface area contributed by atoms with Crippen molar-refractivity contribution in [3.63, 3.8) is 0 Å². The van der Waals surface area contributed by atoms with Crippen molar-refractivity contribution in [3.8, 4) is 11.6 Å². The van der Waals surface area contributed by atoms with E-state index >= 15 is 0 Å². The second kappa shape index (κ2) is 5.93. The Kier molecular flexibility index (Phi) is 3.83. The SMILES string of the molecule is CC(C)c1nc2ccccc2nc1Oc1ccccc1C=O. The summed E-state index contributed by atoms with van der Waals surface area (Å²) in [7, 11) is 0. The van der Waals surface area contributed by atoms with E-state index in [0.29, 0.717) is 17.2 Å². The van der Waals surface area contributed by atoms with Gasteiger partial charge in [0.2, 0.25) is 5.88 Å². The highest BCUT2D eigenvalue weighted by atomic mass is 16.5. The van der Waals surface area contributed by atoms with Gasteiger partial charge >= 0.3 is 0 Å². The summed E-state index contributed by atoms with van der Waals surface area (Å²) in [6, 6.07) is 14.8. The number of hydrogen-bond donors (Lipinski definition) is 0. The van der Waals surface area contributed by atoms with Crippen LogP contribution in [-0.4, -0.2) is 16.3 Å². The van der Waals surface area contributed by atoms with E-state index in [9.17, 15) is 4.79 Å². The smallest absolute Gasteiger partial charge is 0.242 e. The van der Waals surface area contributed by atoms with E-state index in [1.807, 2.05) is 44.2 Å². The largest absolute Gasteiger partial charge is 0.436 e. The average molecular weight is 292 g/mol. The van der Waals surface area contributed by atoms with Gasteiger partial charge in [0, 0.05) is 5.92 Å². The van der Waals surface area contributed by atoms with E-state index in [1.54, 1.807) is 18.2 Å². The Morgan fingerprint density at radius 1 is 0.955 bits per heavy atom. The van der Waals surface area contributed by atoms with Crippen LogP contribution in [0.4, 0.5) is 0 Å². The molecule has 4 nitrogen and oxygen atoms in total. The molecule has 0 N–H and O–H groups in total. The Labute approximate surface area is 128 Å². The molecule has 1 aromatic heterocycles. The number of hydrogen-bond acceptors (Lipinski definition) is 4. The molecule has 0 amide bonds. The number of carbonyl (C=O) groups excluding carboxylic acids is 1. The van der Waals surface area contributed by atoms with Gasteiger partial charge in [0.1, 0.15) is 11.4 Å². The number of fused-ring (bicyclic) bond motifs is 1. The molecule has 3 aromatic rings. The Bertz CT molecular complexity index is 828. The summed E-state index contributed by atoms with van der Waals surface area (Å²) in [5.41, 5.74) is 2.87. The van der Waals surface area contributed by atoms with Crippen LogP contribution in [0.25, 0.3) is 11.0 Å². The summed E-state index contributed by atoms with van der Waals surface area (Å²) in [6.45, 7) is 4.08. The number of rotatable bonds is 4. The van der Waals surface area contributed by atoms with Gasteiger partial charge in [-0.2, -0.15) is 0 Å². The minimum atomic E-state index is 0.162. The van der Waals surface area contributed by atoms with E-state index in [1.165, 1.54) is 0 Å². The number of aromatic nitrogens is 2. The van der Waals surface area contributed by atoms with Gasteiger partial charge in [-0.05, 0) is 24.3 Å². The van der Waals surface area contributed by atoms with Crippen LogP contribution in [0.3, 0.4) is 0 Å². The van der Waals surface area contributed by atoms with Gasteiger partial charge in [0.25, 0.3) is 0 Å². The third kappa shape index (κ3) is 2.68. The van der Waals surface area contributed by atoms with Crippen LogP contribution in [-0.2, 0) is 0 Å². The van der Waals surface area contributed by atoms with Crippen LogP contribution in [0.1, 0.15) is 35.8 Å². The maximum atomic E-state index is 11.1. The van der Waals surface area contributed by atoms with Gasteiger partial charge < -0.3 is 4.74 Å². The van der Waals surface area contributed by atoms with E-state index in [4.69, 9.17) is 4.74 Å². The van der Waals surface area contributed by atoms with Gasteiger partial charge in [0.15, 0.2) is 6.29 Å². The quantitative estimate of drug-likeness (QED) is 0.670. The molecule has 0 atom stereocenters. The minimum Gasteiger partial charge on any atom is -0.436 e. The lowest BCUT2D eigenvalue weighted by Gasteiger charge is -2.13. The van der Waals surface area contributed by atoms with Crippen LogP contribution in [0, 0.1) is 0 Å². The number of carbonyl (C=O) groups is 1. The summed E-state index contributed by atoms with van der Waals surface area (Å²) in [5.74, 6) is 1.10. The number of ether oxygens (including phenoxy) is 1. The molecular formula is C18H16N2O2. The number of nitrogens with zero attached hydrogens (tertiary/aromatic N) is 2. The predicted molar refractivity (Wildman–Crippen MR) is 85.5 cm³/mol. The highest BCUT2D eigenvalue weighted by Crippen LogP contribution is 2.30. The van der Waals surface area contributed by atoms with E-state index < -0.39 is 0 Å². The summed E-state index contributed by atoms with van der Waals surface area (Å²) >= 11 is 0. The predicted octanol–water partition coefficient (Wildman–Crippen LogP) is 4.36. The van der Waals surface area contributed by atoms with Crippen molar-refractivity contribution in [2.24, 2.45) is 0 Å². The second-order valence-corrected chi connectivity index (χ2v) is 5.32. The van der Waals surface area contributed by atoms with Gasteiger partial charge in [0.05, 0.1) is 16.6 Å². The molecule has 110 valence electrons. The molecule has 2 aromatic carbocycles. The molecule has 0 saturated carbocycles. The molecule has 1 heterocycles. The molecule has 0 aliphatic heterocycles. The Hall–Kier alpha value is -2.75. The number of benzene rings is 2. The molecule has 0 bridgehead atoms. The van der Waals surface area contributed by atoms with Crippen LogP contribution in [0.5, 0.6) is 11.6 Å². The first-order chi connectivity index (χ1) is 10.7. The monoisotopic (exact) mass is 292 g/mol.